The average Bonchev–Trinajstić information content (AvgIpc) is 3.91. The van der Waals surface area contributed by atoms with Crippen molar-refractivity contribution >= 4 is 59.0 Å². The molecule has 6 aliphatic rings. The number of nitrogens with one attached hydrogen (secondary N) is 1. The Hall–Kier alpha value is -6.49. The molecule has 3 aromatic rings. The highest BCUT2D eigenvalue weighted by molar-refractivity contribution is 6.23. The first-order valence-corrected chi connectivity index (χ1v) is 22.5. The number of morpholine rings is 1. The van der Waals surface area contributed by atoms with Crippen LogP contribution < -0.4 is 25.8 Å². The van der Waals surface area contributed by atoms with Crippen LogP contribution in [0, 0.1) is 5.92 Å². The van der Waals surface area contributed by atoms with Gasteiger partial charge in [-0.25, -0.2) is 18.7 Å². The highest BCUT2D eigenvalue weighted by Crippen LogP contribution is 2.34. The van der Waals surface area contributed by atoms with Gasteiger partial charge in [-0.05, 0) is 49.9 Å². The standard InChI is InChI=1S/C43H52F2N14O7/c44-36(45)35-30(24-47-41(46)49-35)37-50-42(52-43(51-37)57-19-21-66-22-20-57)56-17-15-55(16-18-56)34(62)6-5-33(61)54-13-11-53(12-14-54)9-7-26-8-10-58(25-26)27-1-2-28-29(23-27)40(65)59(39(28)64)31-3-4-32(60)48-38(31)63/h1-2,23-24,26,31,36H,3-22,25H2,(H2,46,47,49)(H,48,60,63). The molecule has 0 radical (unpaired) electrons. The fourth-order valence-corrected chi connectivity index (χ4v) is 9.50. The zero-order chi connectivity index (χ0) is 46.1. The quantitative estimate of drug-likeness (QED) is 0.236. The van der Waals surface area contributed by atoms with Crippen LogP contribution in [0.4, 0.5) is 32.3 Å². The van der Waals surface area contributed by atoms with Crippen LogP contribution in [-0.4, -0.2) is 184 Å². The molecule has 8 heterocycles. The number of piperidine rings is 1. The van der Waals surface area contributed by atoms with Crippen LogP contribution in [0.1, 0.15) is 71.4 Å². The van der Waals surface area contributed by atoms with Gasteiger partial charge in [-0.3, -0.25) is 43.9 Å². The van der Waals surface area contributed by atoms with Crippen LogP contribution in [0.15, 0.2) is 24.4 Å². The molecule has 21 nitrogen and oxygen atoms in total. The number of piperazine rings is 2. The lowest BCUT2D eigenvalue weighted by Gasteiger charge is -2.36. The molecule has 6 amide bonds. The molecular weight excluding hydrogens is 863 g/mol. The molecule has 6 aliphatic heterocycles. The van der Waals surface area contributed by atoms with Crippen molar-refractivity contribution in [1.29, 1.82) is 0 Å². The van der Waals surface area contributed by atoms with Crippen molar-refractivity contribution in [2.24, 2.45) is 5.92 Å². The number of nitrogen functional groups attached to an aromatic ring is 1. The zero-order valence-corrected chi connectivity index (χ0v) is 36.4. The first-order valence-electron chi connectivity index (χ1n) is 22.5. The van der Waals surface area contributed by atoms with Crippen LogP contribution in [0.3, 0.4) is 0 Å². The van der Waals surface area contributed by atoms with Gasteiger partial charge in [0.05, 0.1) is 29.9 Å². The summed E-state index contributed by atoms with van der Waals surface area (Å²) in [5.74, 6) is -1.52. The fourth-order valence-electron chi connectivity index (χ4n) is 9.50. The van der Waals surface area contributed by atoms with E-state index < -0.39 is 41.8 Å². The maximum atomic E-state index is 14.0. The summed E-state index contributed by atoms with van der Waals surface area (Å²) in [6, 6.07) is 4.23. The SMILES string of the molecule is Nc1ncc(-c2nc(N3CCOCC3)nc(N3CCN(C(=O)CCC(=O)N4CCN(CCC5CCN(c6ccc7c(c6)C(=O)N(C6CCC(=O)NC6=O)C7=O)C5)CC4)CC3)n2)c(C(F)F)n1. The Morgan fingerprint density at radius 1 is 0.758 bits per heavy atom. The largest absolute Gasteiger partial charge is 0.378 e. The van der Waals surface area contributed by atoms with Crippen molar-refractivity contribution in [3.8, 4) is 11.4 Å². The third kappa shape index (κ3) is 9.44. The summed E-state index contributed by atoms with van der Waals surface area (Å²) < 4.78 is 33.5. The van der Waals surface area contributed by atoms with Crippen molar-refractivity contribution in [2.75, 3.05) is 119 Å². The van der Waals surface area contributed by atoms with Gasteiger partial charge in [0.2, 0.25) is 41.5 Å². The molecule has 350 valence electrons. The van der Waals surface area contributed by atoms with E-state index in [2.05, 4.69) is 40.0 Å². The van der Waals surface area contributed by atoms with E-state index in [1.54, 1.807) is 17.0 Å². The predicted molar refractivity (Wildman–Crippen MR) is 232 cm³/mol. The van der Waals surface area contributed by atoms with Gasteiger partial charge < -0.3 is 35.0 Å². The van der Waals surface area contributed by atoms with Gasteiger partial charge in [-0.15, -0.1) is 0 Å². The van der Waals surface area contributed by atoms with E-state index in [9.17, 15) is 37.5 Å². The number of carbonyl (C=O) groups is 6. The molecule has 1 aromatic carbocycles. The third-order valence-electron chi connectivity index (χ3n) is 13.3. The van der Waals surface area contributed by atoms with E-state index in [1.807, 2.05) is 20.8 Å². The lowest BCUT2D eigenvalue weighted by atomic mass is 10.0. The Bertz CT molecular complexity index is 2390. The molecule has 5 fully saturated rings. The van der Waals surface area contributed by atoms with Gasteiger partial charge >= 0.3 is 0 Å². The molecule has 23 heteroatoms. The van der Waals surface area contributed by atoms with Gasteiger partial charge in [0.25, 0.3) is 18.2 Å². The lowest BCUT2D eigenvalue weighted by molar-refractivity contribution is -0.138. The number of halogens is 2. The highest BCUT2D eigenvalue weighted by atomic mass is 19.3. The van der Waals surface area contributed by atoms with E-state index >= 15 is 0 Å². The van der Waals surface area contributed by atoms with E-state index in [0.717, 1.165) is 56.2 Å². The second-order valence-corrected chi connectivity index (χ2v) is 17.3. The fraction of sp³-hybridized carbons (Fsp3) is 0.558. The van der Waals surface area contributed by atoms with Crippen LogP contribution in [0.25, 0.3) is 11.4 Å². The summed E-state index contributed by atoms with van der Waals surface area (Å²) in [7, 11) is 0. The van der Waals surface area contributed by atoms with Crippen LogP contribution in [0.5, 0.6) is 0 Å². The Balaban J connectivity index is 0.711. The molecule has 2 aromatic heterocycles. The molecule has 66 heavy (non-hydrogen) atoms. The van der Waals surface area contributed by atoms with E-state index in [1.165, 1.54) is 6.20 Å². The zero-order valence-electron chi connectivity index (χ0n) is 36.4. The maximum absolute atomic E-state index is 14.0. The number of rotatable bonds is 12. The number of nitrogens with zero attached hydrogens (tertiary/aromatic N) is 12. The van der Waals surface area contributed by atoms with E-state index in [4.69, 9.17) is 10.5 Å². The molecule has 0 bridgehead atoms. The van der Waals surface area contributed by atoms with E-state index in [-0.39, 0.29) is 71.9 Å². The molecule has 5 saturated heterocycles. The molecule has 0 spiro atoms. The lowest BCUT2D eigenvalue weighted by Crippen LogP contribution is -2.54. The summed E-state index contributed by atoms with van der Waals surface area (Å²) in [6.45, 7) is 8.59. The number of aromatic nitrogens is 5. The Morgan fingerprint density at radius 2 is 1.41 bits per heavy atom. The smallest absolute Gasteiger partial charge is 0.281 e. The van der Waals surface area contributed by atoms with Crippen molar-refractivity contribution in [1.82, 2.24) is 49.8 Å². The molecule has 3 N–H and O–H groups in total. The molecular formula is C43H52F2N14O7. The number of alkyl halides is 2. The molecule has 2 unspecified atom stereocenters. The number of hydrogen-bond acceptors (Lipinski definition) is 17. The molecule has 9 rings (SSSR count). The van der Waals surface area contributed by atoms with Crippen LogP contribution in [-0.2, 0) is 23.9 Å². The number of ether oxygens (including phenoxy) is 1. The number of hydrogen-bond donors (Lipinski definition) is 2. The first kappa shape index (κ1) is 44.7. The molecule has 0 saturated carbocycles. The Morgan fingerprint density at radius 3 is 2.08 bits per heavy atom. The Kier molecular flexibility index (Phi) is 13.0. The topological polar surface area (TPSA) is 237 Å². The van der Waals surface area contributed by atoms with Gasteiger partial charge in [0.1, 0.15) is 11.7 Å². The third-order valence-corrected chi connectivity index (χ3v) is 13.3. The monoisotopic (exact) mass is 914 g/mol. The van der Waals surface area contributed by atoms with Crippen molar-refractivity contribution in [2.45, 2.75) is 51.0 Å². The van der Waals surface area contributed by atoms with Gasteiger partial charge in [0.15, 0.2) is 5.82 Å². The number of benzene rings is 1. The van der Waals surface area contributed by atoms with Gasteiger partial charge in [-0.2, -0.15) is 15.0 Å². The number of nitrogens with two attached hydrogens (primary N) is 1. The number of imide groups is 2. The van der Waals surface area contributed by atoms with Crippen LogP contribution >= 0.6 is 0 Å². The van der Waals surface area contributed by atoms with Crippen molar-refractivity contribution in [3.05, 3.63) is 41.2 Å². The van der Waals surface area contributed by atoms with Crippen molar-refractivity contribution < 1.29 is 42.3 Å². The summed E-state index contributed by atoms with van der Waals surface area (Å²) in [5, 5.41) is 2.23. The average molecular weight is 915 g/mol. The normalized spacial score (nSPS) is 21.9. The summed E-state index contributed by atoms with van der Waals surface area (Å²) >= 11 is 0. The maximum Gasteiger partial charge on any atom is 0.281 e. The number of carbonyl (C=O) groups excluding carboxylic acids is 6. The van der Waals surface area contributed by atoms with E-state index in [0.29, 0.717) is 77.4 Å². The summed E-state index contributed by atoms with van der Waals surface area (Å²) in [4.78, 5) is 111. The van der Waals surface area contributed by atoms with Gasteiger partial charge in [0, 0.05) is 110 Å². The number of amides is 6. The number of anilines is 4. The minimum Gasteiger partial charge on any atom is -0.378 e. The first-order chi connectivity index (χ1) is 31.9. The summed E-state index contributed by atoms with van der Waals surface area (Å²) in [5.41, 5.74) is 6.38. The second kappa shape index (κ2) is 19.2. The molecule has 2 atom stereocenters. The minimum absolute atomic E-state index is 0.00672. The second-order valence-electron chi connectivity index (χ2n) is 17.3. The highest BCUT2D eigenvalue weighted by Gasteiger charge is 2.45. The Labute approximate surface area is 378 Å². The van der Waals surface area contributed by atoms with Gasteiger partial charge in [-0.1, -0.05) is 0 Å². The summed E-state index contributed by atoms with van der Waals surface area (Å²) in [6.07, 6.45) is 0.586. The van der Waals surface area contributed by atoms with Crippen molar-refractivity contribution in [3.63, 3.8) is 0 Å². The van der Waals surface area contributed by atoms with Crippen LogP contribution in [0.2, 0.25) is 0 Å². The molecule has 0 aliphatic carbocycles. The minimum atomic E-state index is -2.94. The predicted octanol–water partition coefficient (Wildman–Crippen LogP) is 0.576. The number of fused-ring (bicyclic) bond motifs is 1.